The number of rotatable bonds is 0. The number of nitrogens with one attached hydrogen (secondary N) is 2. The molecule has 2 atom stereocenters. The van der Waals surface area contributed by atoms with E-state index in [2.05, 4.69) is 10.6 Å². The van der Waals surface area contributed by atoms with Crippen molar-refractivity contribution in [3.63, 3.8) is 0 Å². The summed E-state index contributed by atoms with van der Waals surface area (Å²) in [6, 6.07) is 6.13. The number of benzene rings is 1. The van der Waals surface area contributed by atoms with Gasteiger partial charge in [-0.3, -0.25) is 0 Å². The summed E-state index contributed by atoms with van der Waals surface area (Å²) in [4.78, 5) is 0. The molecule has 2 heterocycles. The molecule has 0 amide bonds. The third kappa shape index (κ3) is 0.937. The van der Waals surface area contributed by atoms with E-state index in [-0.39, 0.29) is 0 Å². The zero-order valence-corrected chi connectivity index (χ0v) is 7.25. The van der Waals surface area contributed by atoms with Crippen molar-refractivity contribution < 1.29 is 5.11 Å². The molecule has 1 aromatic rings. The molecule has 2 unspecified atom stereocenters. The fraction of sp³-hybridized carbons (Fsp3) is 0.400. The number of hydrogen-bond donors (Lipinski definition) is 3. The first-order chi connectivity index (χ1) is 6.34. The van der Waals surface area contributed by atoms with Crippen molar-refractivity contribution in [1.82, 2.24) is 5.32 Å². The van der Waals surface area contributed by atoms with Gasteiger partial charge in [0.1, 0.15) is 5.75 Å². The zero-order valence-electron chi connectivity index (χ0n) is 7.25. The van der Waals surface area contributed by atoms with Crippen LogP contribution in [0.4, 0.5) is 5.69 Å². The van der Waals surface area contributed by atoms with Gasteiger partial charge in [0.2, 0.25) is 0 Å². The van der Waals surface area contributed by atoms with Gasteiger partial charge in [-0.25, -0.2) is 0 Å². The highest BCUT2D eigenvalue weighted by Gasteiger charge is 2.35. The summed E-state index contributed by atoms with van der Waals surface area (Å²) >= 11 is 0. The fourth-order valence-electron chi connectivity index (χ4n) is 2.35. The third-order valence-electron chi connectivity index (χ3n) is 2.99. The Balaban J connectivity index is 2.08. The lowest BCUT2D eigenvalue weighted by atomic mass is 9.98. The van der Waals surface area contributed by atoms with Crippen LogP contribution in [0.15, 0.2) is 18.2 Å². The fourth-order valence-corrected chi connectivity index (χ4v) is 2.35. The van der Waals surface area contributed by atoms with Crippen LogP contribution in [0.2, 0.25) is 0 Å². The number of phenols is 1. The highest BCUT2D eigenvalue weighted by molar-refractivity contribution is 5.62. The molecule has 1 aromatic carbocycles. The number of aromatic hydroxyl groups is 1. The predicted octanol–water partition coefficient (Wildman–Crippen LogP) is 0.873. The summed E-state index contributed by atoms with van der Waals surface area (Å²) in [6.45, 7) is 2.08. The molecule has 0 bridgehead atoms. The van der Waals surface area contributed by atoms with E-state index in [4.69, 9.17) is 0 Å². The van der Waals surface area contributed by atoms with Crippen molar-refractivity contribution in [2.45, 2.75) is 12.0 Å². The van der Waals surface area contributed by atoms with Crippen molar-refractivity contribution >= 4 is 5.69 Å². The lowest BCUT2D eigenvalue weighted by Gasteiger charge is -2.06. The second-order valence-corrected chi connectivity index (χ2v) is 3.79. The van der Waals surface area contributed by atoms with Gasteiger partial charge in [-0.1, -0.05) is 6.07 Å². The Hall–Kier alpha value is -1.22. The molecule has 0 saturated carbocycles. The van der Waals surface area contributed by atoms with Gasteiger partial charge in [0.05, 0.1) is 0 Å². The zero-order chi connectivity index (χ0) is 8.84. The van der Waals surface area contributed by atoms with Gasteiger partial charge in [0.25, 0.3) is 0 Å². The maximum absolute atomic E-state index is 9.30. The molecular formula is C10H12N2O. The van der Waals surface area contributed by atoms with E-state index in [0.717, 1.165) is 18.8 Å². The van der Waals surface area contributed by atoms with E-state index in [0.29, 0.717) is 17.7 Å². The van der Waals surface area contributed by atoms with Gasteiger partial charge in [0, 0.05) is 36.8 Å². The van der Waals surface area contributed by atoms with E-state index in [1.54, 1.807) is 6.07 Å². The first-order valence-electron chi connectivity index (χ1n) is 4.65. The van der Waals surface area contributed by atoms with Gasteiger partial charge >= 0.3 is 0 Å². The normalized spacial score (nSPS) is 29.5. The van der Waals surface area contributed by atoms with Crippen molar-refractivity contribution in [1.29, 1.82) is 0 Å². The Morgan fingerprint density at radius 3 is 3.15 bits per heavy atom. The van der Waals surface area contributed by atoms with Crippen molar-refractivity contribution in [3.8, 4) is 5.75 Å². The van der Waals surface area contributed by atoms with Crippen molar-refractivity contribution in [3.05, 3.63) is 23.8 Å². The molecule has 13 heavy (non-hydrogen) atoms. The van der Waals surface area contributed by atoms with Crippen molar-refractivity contribution in [2.24, 2.45) is 0 Å². The highest BCUT2D eigenvalue weighted by atomic mass is 16.3. The number of anilines is 1. The average Bonchev–Trinajstić information content (AvgIpc) is 2.62. The van der Waals surface area contributed by atoms with Crippen LogP contribution in [0.5, 0.6) is 5.75 Å². The van der Waals surface area contributed by atoms with E-state index in [1.165, 1.54) is 5.56 Å². The topological polar surface area (TPSA) is 44.3 Å². The van der Waals surface area contributed by atoms with E-state index in [1.807, 2.05) is 12.1 Å². The maximum atomic E-state index is 9.30. The minimum Gasteiger partial charge on any atom is -0.508 e. The molecule has 3 rings (SSSR count). The van der Waals surface area contributed by atoms with E-state index < -0.39 is 0 Å². The van der Waals surface area contributed by atoms with E-state index in [9.17, 15) is 5.11 Å². The Labute approximate surface area is 76.8 Å². The van der Waals surface area contributed by atoms with Gasteiger partial charge in [-0.2, -0.15) is 0 Å². The predicted molar refractivity (Wildman–Crippen MR) is 51.1 cm³/mol. The molecule has 0 spiro atoms. The Bertz CT molecular complexity index is 351. The van der Waals surface area contributed by atoms with Crippen LogP contribution in [0.25, 0.3) is 0 Å². The lowest BCUT2D eigenvalue weighted by molar-refractivity contribution is 0.475. The molecule has 3 N–H and O–H groups in total. The van der Waals surface area contributed by atoms with Crippen LogP contribution in [-0.2, 0) is 0 Å². The first-order valence-corrected chi connectivity index (χ1v) is 4.65. The van der Waals surface area contributed by atoms with E-state index >= 15 is 0 Å². The van der Waals surface area contributed by atoms with Crippen LogP contribution < -0.4 is 10.6 Å². The Kier molecular flexibility index (Phi) is 1.32. The number of phenolic OH excluding ortho intramolecular Hbond substituents is 1. The molecule has 3 nitrogen and oxygen atoms in total. The molecule has 68 valence electrons. The summed E-state index contributed by atoms with van der Waals surface area (Å²) in [7, 11) is 0. The molecule has 0 radical (unpaired) electrons. The van der Waals surface area contributed by atoms with Gasteiger partial charge < -0.3 is 15.7 Å². The number of hydrogen-bond acceptors (Lipinski definition) is 3. The summed E-state index contributed by atoms with van der Waals surface area (Å²) in [6.07, 6.45) is 0. The number of fused-ring (bicyclic) bond motifs is 3. The first kappa shape index (κ1) is 7.21. The SMILES string of the molecule is Oc1ccc2c(c1)NC1CNCC21. The van der Waals surface area contributed by atoms with Gasteiger partial charge in [-0.05, 0) is 11.6 Å². The monoisotopic (exact) mass is 176 g/mol. The summed E-state index contributed by atoms with van der Waals surface area (Å²) in [5.74, 6) is 0.940. The molecule has 2 aliphatic heterocycles. The Morgan fingerprint density at radius 1 is 1.31 bits per heavy atom. The minimum atomic E-state index is 0.346. The summed E-state index contributed by atoms with van der Waals surface area (Å²) in [5.41, 5.74) is 2.45. The molecule has 0 aromatic heterocycles. The summed E-state index contributed by atoms with van der Waals surface area (Å²) in [5, 5.41) is 16.1. The molecular weight excluding hydrogens is 164 g/mol. The average molecular weight is 176 g/mol. The molecule has 3 heteroatoms. The third-order valence-corrected chi connectivity index (χ3v) is 2.99. The second-order valence-electron chi connectivity index (χ2n) is 3.79. The lowest BCUT2D eigenvalue weighted by Crippen LogP contribution is -2.20. The van der Waals surface area contributed by atoms with Crippen LogP contribution in [0, 0.1) is 0 Å². The molecule has 1 fully saturated rings. The quantitative estimate of drug-likeness (QED) is 0.549. The highest BCUT2D eigenvalue weighted by Crippen LogP contribution is 2.39. The Morgan fingerprint density at radius 2 is 2.23 bits per heavy atom. The van der Waals surface area contributed by atoms with Crippen LogP contribution in [-0.4, -0.2) is 24.2 Å². The van der Waals surface area contributed by atoms with Gasteiger partial charge in [-0.15, -0.1) is 0 Å². The smallest absolute Gasteiger partial charge is 0.117 e. The maximum Gasteiger partial charge on any atom is 0.117 e. The largest absolute Gasteiger partial charge is 0.508 e. The minimum absolute atomic E-state index is 0.346. The molecule has 0 aliphatic carbocycles. The van der Waals surface area contributed by atoms with Crippen LogP contribution >= 0.6 is 0 Å². The molecule has 1 saturated heterocycles. The van der Waals surface area contributed by atoms with Crippen LogP contribution in [0.3, 0.4) is 0 Å². The van der Waals surface area contributed by atoms with Crippen molar-refractivity contribution in [2.75, 3.05) is 18.4 Å². The standard InChI is InChI=1S/C10H12N2O/c13-6-1-2-7-8-4-11-5-10(8)12-9(7)3-6/h1-3,8,10-13H,4-5H2. The molecule has 2 aliphatic rings. The van der Waals surface area contributed by atoms with Gasteiger partial charge in [0.15, 0.2) is 0 Å². The van der Waals surface area contributed by atoms with Crippen LogP contribution in [0.1, 0.15) is 11.5 Å². The second kappa shape index (κ2) is 2.39. The summed E-state index contributed by atoms with van der Waals surface area (Å²) < 4.78 is 0.